The predicted molar refractivity (Wildman–Crippen MR) is 184 cm³/mol. The minimum Gasteiger partial charge on any atom is -0.659 e. The molecule has 0 saturated carbocycles. The summed E-state index contributed by atoms with van der Waals surface area (Å²) in [5, 5.41) is 16.5. The molecular weight excluding hydrogens is 960 g/mol. The molecule has 0 amide bonds. The number of aliphatic carboxylic acids is 1. The number of nitrogens with one attached hydrogen (secondary N) is 1. The van der Waals surface area contributed by atoms with Gasteiger partial charge in [-0.15, -0.1) is 26.2 Å². The summed E-state index contributed by atoms with van der Waals surface area (Å²) in [5.74, 6) is -1.35. The van der Waals surface area contributed by atoms with Gasteiger partial charge in [-0.3, -0.25) is 9.59 Å². The molecule has 2 saturated heterocycles. The van der Waals surface area contributed by atoms with Gasteiger partial charge < -0.3 is 51.5 Å². The monoisotopic (exact) mass is 1010 g/mol. The van der Waals surface area contributed by atoms with Crippen LogP contribution in [0.25, 0.3) is 21.7 Å². The summed E-state index contributed by atoms with van der Waals surface area (Å²) in [6.07, 6.45) is 0. The molecule has 16 heteroatoms. The van der Waals surface area contributed by atoms with Crippen molar-refractivity contribution in [3.8, 4) is 0 Å². The van der Waals surface area contributed by atoms with Crippen LogP contribution >= 0.6 is 0 Å². The third-order valence-corrected chi connectivity index (χ3v) is 6.26. The van der Waals surface area contributed by atoms with E-state index in [1.54, 1.807) is 0 Å². The van der Waals surface area contributed by atoms with Gasteiger partial charge in [0.25, 0.3) is 0 Å². The number of nitrogen functional groups attached to an aromatic ring is 2. The number of benzene rings is 2. The molecule has 2 aromatic carbocycles. The van der Waals surface area contributed by atoms with E-state index in [2.05, 4.69) is 41.2 Å². The number of anilines is 4. The number of para-hydroxylation sites is 2. The Morgan fingerprint density at radius 1 is 0.812 bits per heavy atom. The number of ether oxygens (including phenoxy) is 2. The number of nitrogens with two attached hydrogens (primary N) is 2. The van der Waals surface area contributed by atoms with Crippen molar-refractivity contribution >= 4 is 51.7 Å². The first-order valence-corrected chi connectivity index (χ1v) is 15.5. The van der Waals surface area contributed by atoms with Gasteiger partial charge in [-0.05, 0) is 50.4 Å². The van der Waals surface area contributed by atoms with Crippen molar-refractivity contribution in [2.75, 3.05) is 80.2 Å². The molecular formula is C32H50N8O6W2-2. The minimum absolute atomic E-state index is 0. The van der Waals surface area contributed by atoms with Gasteiger partial charge in [0.15, 0.2) is 6.61 Å². The quantitative estimate of drug-likeness (QED) is 0.199. The number of aromatic nitrogens is 2. The number of aromatic amines is 1. The van der Waals surface area contributed by atoms with Crippen LogP contribution in [0.5, 0.6) is 0 Å². The van der Waals surface area contributed by atoms with Crippen LogP contribution in [0.1, 0.15) is 47.4 Å². The molecule has 0 unspecified atom stereocenters. The fourth-order valence-corrected chi connectivity index (χ4v) is 4.27. The molecule has 6 N–H and O–H groups in total. The summed E-state index contributed by atoms with van der Waals surface area (Å²) in [4.78, 5) is 42.6. The number of nitrogens with zero attached hydrogens (tertiary/aromatic N) is 5. The maximum Gasteiger partial charge on any atom is 0.341 e. The Hall–Kier alpha value is -3.18. The summed E-state index contributed by atoms with van der Waals surface area (Å²) in [7, 11) is 0. The van der Waals surface area contributed by atoms with E-state index in [1.807, 2.05) is 58.0 Å². The molecule has 14 nitrogen and oxygen atoms in total. The maximum atomic E-state index is 10.9. The van der Waals surface area contributed by atoms with Gasteiger partial charge in [-0.1, -0.05) is 39.8 Å². The van der Waals surface area contributed by atoms with Crippen LogP contribution in [0.15, 0.2) is 36.4 Å². The smallest absolute Gasteiger partial charge is 0.341 e. The average Bonchev–Trinajstić information content (AvgIpc) is 3.51. The molecule has 3 heterocycles. The van der Waals surface area contributed by atoms with Crippen molar-refractivity contribution in [2.24, 2.45) is 0 Å². The van der Waals surface area contributed by atoms with Crippen molar-refractivity contribution in [3.63, 3.8) is 0 Å². The van der Waals surface area contributed by atoms with Crippen LogP contribution in [0.4, 0.5) is 22.7 Å². The Balaban J connectivity index is 0. The van der Waals surface area contributed by atoms with Gasteiger partial charge in [0, 0.05) is 56.0 Å². The van der Waals surface area contributed by atoms with Crippen LogP contribution in [0.2, 0.25) is 0 Å². The second-order valence-corrected chi connectivity index (χ2v) is 9.41. The number of esters is 2. The van der Waals surface area contributed by atoms with E-state index in [9.17, 15) is 14.4 Å². The Bertz CT molecular complexity index is 1340. The van der Waals surface area contributed by atoms with E-state index >= 15 is 0 Å². The molecule has 2 fully saturated rings. The molecule has 0 atom stereocenters. The van der Waals surface area contributed by atoms with E-state index in [0.717, 1.165) is 81.7 Å². The molecule has 2 aliphatic heterocycles. The van der Waals surface area contributed by atoms with Crippen molar-refractivity contribution in [1.29, 1.82) is 0 Å². The van der Waals surface area contributed by atoms with Crippen molar-refractivity contribution in [2.45, 2.75) is 48.1 Å². The first-order valence-electron chi connectivity index (χ1n) is 15.5. The largest absolute Gasteiger partial charge is 0.659 e. The molecule has 0 spiro atoms. The van der Waals surface area contributed by atoms with Crippen molar-refractivity contribution in [1.82, 2.24) is 9.97 Å². The molecule has 3 aromatic rings. The van der Waals surface area contributed by atoms with Crippen LogP contribution in [0.3, 0.4) is 0 Å². The second-order valence-electron chi connectivity index (χ2n) is 9.41. The number of hydrogen-bond donors (Lipinski definition) is 4. The first-order chi connectivity index (χ1) is 22.2. The van der Waals surface area contributed by atoms with Crippen LogP contribution < -0.4 is 21.3 Å². The zero-order valence-corrected chi connectivity index (χ0v) is 34.6. The number of hydrogen-bond acceptors (Lipinski definition) is 10. The van der Waals surface area contributed by atoms with Crippen LogP contribution in [-0.2, 0) is 72.6 Å². The fraction of sp³-hybridized carbons (Fsp3) is 0.500. The van der Waals surface area contributed by atoms with Crippen molar-refractivity contribution in [3.05, 3.63) is 52.9 Å². The number of carbonyl (C=O) groups excluding carboxylic acids is 2. The molecule has 1 aromatic heterocycles. The minimum atomic E-state index is -1.14. The predicted octanol–water partition coefficient (Wildman–Crippen LogP) is 4.55. The van der Waals surface area contributed by atoms with E-state index in [-0.39, 0.29) is 54.7 Å². The molecule has 0 aliphatic carbocycles. The van der Waals surface area contributed by atoms with E-state index in [1.165, 1.54) is 6.92 Å². The molecule has 0 bridgehead atoms. The summed E-state index contributed by atoms with van der Waals surface area (Å²) in [5.41, 5.74) is 17.1. The normalized spacial score (nSPS) is 13.0. The Labute approximate surface area is 312 Å². The van der Waals surface area contributed by atoms with Gasteiger partial charge in [-0.25, -0.2) is 9.78 Å². The summed E-state index contributed by atoms with van der Waals surface area (Å²) >= 11 is 0. The third kappa shape index (κ3) is 16.8. The number of imidazole rings is 1. The summed E-state index contributed by atoms with van der Waals surface area (Å²) in [6.45, 7) is 17.4. The van der Waals surface area contributed by atoms with Crippen molar-refractivity contribution < 1.29 is 71.1 Å². The Morgan fingerprint density at radius 3 is 1.77 bits per heavy atom. The second kappa shape index (κ2) is 26.7. The van der Waals surface area contributed by atoms with E-state index < -0.39 is 18.5 Å². The standard InChI is InChI=1S/C14H17N4O2.C10H15N4.C4H6O4.2C2H6.2W/c1-10(19)20-9-13-16-11-3-2-4-12(14(11)17-13)18-7-5-15-6-8-18;11-8-2-1-3-9(10(8)12)14-6-4-13-5-7-14;1-3(5)8-2-4(6)7;2*1-2;;/h2-4H,5-9H2,1H3,(H,16,17);1-3H,4-7,11-12H2;2H2,1H3,(H,6,7);2*1-2H3;;/q2*-1;;;;;. The molecule has 48 heavy (non-hydrogen) atoms. The maximum absolute atomic E-state index is 10.9. The van der Waals surface area contributed by atoms with E-state index in [0.29, 0.717) is 17.2 Å². The fourth-order valence-electron chi connectivity index (χ4n) is 4.27. The third-order valence-electron chi connectivity index (χ3n) is 6.26. The SMILES string of the molecule is CC.CC.CC(=O)OCC(=O)O.CC(=O)OCc1nc2c(N3CC[N-]CC3)cccc2[nH]1.Nc1cccc(N2CC[N-]CC2)c1N.[W].[W]. The van der Waals surface area contributed by atoms with Crippen LogP contribution in [-0.4, -0.2) is 91.9 Å². The molecule has 0 radical (unpaired) electrons. The van der Waals surface area contributed by atoms with E-state index in [4.69, 9.17) is 21.3 Å². The first kappa shape index (κ1) is 46.9. The number of rotatable bonds is 6. The number of carbonyl (C=O) groups is 3. The number of carboxylic acids is 1. The number of H-pyrrole nitrogens is 1. The number of fused-ring (bicyclic) bond motifs is 1. The summed E-state index contributed by atoms with van der Waals surface area (Å²) < 4.78 is 9.05. The van der Waals surface area contributed by atoms with Gasteiger partial charge in [0.1, 0.15) is 17.9 Å². The Morgan fingerprint density at radius 2 is 1.29 bits per heavy atom. The average molecular weight is 1010 g/mol. The van der Waals surface area contributed by atoms with Crippen LogP contribution in [0, 0.1) is 0 Å². The number of carboxylic acid groups (broad SMARTS) is 1. The van der Waals surface area contributed by atoms with Gasteiger partial charge in [-0.2, -0.15) is 0 Å². The number of piperazine rings is 2. The zero-order chi connectivity index (χ0) is 34.5. The molecule has 268 valence electrons. The van der Waals surface area contributed by atoms with Gasteiger partial charge in [0.05, 0.1) is 28.3 Å². The van der Waals surface area contributed by atoms with Gasteiger partial charge in [0.2, 0.25) is 0 Å². The zero-order valence-electron chi connectivity index (χ0n) is 28.7. The molecule has 2 aliphatic rings. The Kier molecular flexibility index (Phi) is 26.1. The molecule has 5 rings (SSSR count). The summed E-state index contributed by atoms with van der Waals surface area (Å²) in [6, 6.07) is 11.8. The van der Waals surface area contributed by atoms with Gasteiger partial charge >= 0.3 is 17.9 Å². The topological polar surface area (TPSA) is 205 Å².